The summed E-state index contributed by atoms with van der Waals surface area (Å²) in [5.74, 6) is -5.19. The molecule has 8 nitrogen and oxygen atoms in total. The third-order valence-electron chi connectivity index (χ3n) is 3.47. The van der Waals surface area contributed by atoms with Crippen LogP contribution in [0.1, 0.15) is 25.1 Å². The topological polar surface area (TPSA) is 103 Å². The summed E-state index contributed by atoms with van der Waals surface area (Å²) >= 11 is 5.89. The highest BCUT2D eigenvalue weighted by Crippen LogP contribution is 2.24. The lowest BCUT2D eigenvalue weighted by Crippen LogP contribution is -2.36. The molecule has 156 valence electrons. The number of carbonyl (C=O) groups is 1. The maximum Gasteiger partial charge on any atom is 0.347 e. The van der Waals surface area contributed by atoms with Crippen molar-refractivity contribution in [1.82, 2.24) is 9.55 Å². The van der Waals surface area contributed by atoms with Gasteiger partial charge in [-0.05, 0) is 19.1 Å². The van der Waals surface area contributed by atoms with Gasteiger partial charge in [-0.2, -0.15) is 0 Å². The van der Waals surface area contributed by atoms with Crippen molar-refractivity contribution in [2.75, 3.05) is 13.2 Å². The van der Waals surface area contributed by atoms with E-state index in [1.165, 1.54) is 0 Å². The Morgan fingerprint density at radius 3 is 2.62 bits per heavy atom. The zero-order valence-electron chi connectivity index (χ0n) is 15.2. The number of nitrogens with one attached hydrogen (secondary N) is 1. The molecule has 29 heavy (non-hydrogen) atoms. The van der Waals surface area contributed by atoms with E-state index in [1.54, 1.807) is 6.92 Å². The Hall–Kier alpha value is -3.08. The van der Waals surface area contributed by atoms with Crippen molar-refractivity contribution in [3.05, 3.63) is 61.1 Å². The van der Waals surface area contributed by atoms with Gasteiger partial charge in [0.15, 0.2) is 0 Å². The molecule has 0 radical (unpaired) electrons. The molecule has 12 heteroatoms. The van der Waals surface area contributed by atoms with E-state index in [0.29, 0.717) is 17.6 Å². The number of hydrogen-bond donors (Lipinski definition) is 1. The molecule has 1 N–H and O–H groups in total. The lowest BCUT2D eigenvalue weighted by Gasteiger charge is -2.12. The van der Waals surface area contributed by atoms with Gasteiger partial charge in [-0.1, -0.05) is 16.8 Å². The molecule has 2 rings (SSSR count). The van der Waals surface area contributed by atoms with Crippen LogP contribution in [0.25, 0.3) is 5.69 Å². The number of aromatic amines is 1. The van der Waals surface area contributed by atoms with E-state index in [0.717, 1.165) is 18.3 Å². The summed E-state index contributed by atoms with van der Waals surface area (Å²) in [5, 5.41) is 3.33. The van der Waals surface area contributed by atoms with Crippen molar-refractivity contribution in [3.8, 4) is 5.69 Å². The fourth-order valence-corrected chi connectivity index (χ4v) is 2.37. The Balaban J connectivity index is 2.41. The lowest BCUT2D eigenvalue weighted by atomic mass is 10.2. The standard InChI is InChI=1S/C17H15ClF3N3O5/c1-3-28-15(26)8-29-22-7-9-4-12(11(19)5-10(9)18)24-14(25)6-13(17(2,20)21)23-16(24)27/h4-7H,3,8H2,1-2H3,(H,23,27)/b22-7+. The highest BCUT2D eigenvalue weighted by Gasteiger charge is 2.27. The number of benzene rings is 1. The van der Waals surface area contributed by atoms with Crippen LogP contribution in [0.15, 0.2) is 32.9 Å². The number of H-pyrrole nitrogens is 1. The Morgan fingerprint density at radius 1 is 1.34 bits per heavy atom. The molecule has 0 saturated heterocycles. The zero-order chi connectivity index (χ0) is 21.8. The average Bonchev–Trinajstić information content (AvgIpc) is 2.60. The second-order valence-corrected chi connectivity index (χ2v) is 6.10. The van der Waals surface area contributed by atoms with Gasteiger partial charge in [-0.25, -0.2) is 27.3 Å². The molecule has 1 heterocycles. The summed E-state index contributed by atoms with van der Waals surface area (Å²) in [5.41, 5.74) is -3.86. The van der Waals surface area contributed by atoms with E-state index in [4.69, 9.17) is 16.4 Å². The molecule has 0 fully saturated rings. The summed E-state index contributed by atoms with van der Waals surface area (Å²) in [6, 6.07) is 2.29. The van der Waals surface area contributed by atoms with Crippen LogP contribution in [0, 0.1) is 5.82 Å². The number of carbonyl (C=O) groups excluding carboxylic acids is 1. The van der Waals surface area contributed by atoms with Gasteiger partial charge >= 0.3 is 11.7 Å². The number of oxime groups is 1. The second-order valence-electron chi connectivity index (χ2n) is 5.69. The summed E-state index contributed by atoms with van der Waals surface area (Å²) in [6.07, 6.45) is 1.01. The molecule has 0 aliphatic rings. The Labute approximate surface area is 166 Å². The van der Waals surface area contributed by atoms with Crippen LogP contribution >= 0.6 is 11.6 Å². The molecule has 0 aliphatic heterocycles. The minimum absolute atomic E-state index is 0.0307. The third-order valence-corrected chi connectivity index (χ3v) is 3.79. The van der Waals surface area contributed by atoms with E-state index in [-0.39, 0.29) is 17.2 Å². The van der Waals surface area contributed by atoms with E-state index < -0.39 is 46.9 Å². The first-order valence-electron chi connectivity index (χ1n) is 8.09. The number of ether oxygens (including phenoxy) is 1. The minimum atomic E-state index is -3.47. The second kappa shape index (κ2) is 8.95. The van der Waals surface area contributed by atoms with Crippen molar-refractivity contribution >= 4 is 23.8 Å². The fraction of sp³-hybridized carbons (Fsp3) is 0.294. The molecule has 0 spiro atoms. The van der Waals surface area contributed by atoms with Gasteiger partial charge in [0.05, 0.1) is 29.2 Å². The normalized spacial score (nSPS) is 11.7. The van der Waals surface area contributed by atoms with Crippen molar-refractivity contribution in [1.29, 1.82) is 0 Å². The highest BCUT2D eigenvalue weighted by atomic mass is 35.5. The van der Waals surface area contributed by atoms with E-state index >= 15 is 0 Å². The van der Waals surface area contributed by atoms with Crippen molar-refractivity contribution in [2.24, 2.45) is 5.16 Å². The number of esters is 1. The minimum Gasteiger partial charge on any atom is -0.463 e. The molecule has 0 saturated carbocycles. The largest absolute Gasteiger partial charge is 0.463 e. The SMILES string of the molecule is CCOC(=O)CO/N=C/c1cc(-n2c(=O)cc(C(C)(F)F)[nH]c2=O)c(F)cc1Cl. The molecule has 0 amide bonds. The van der Waals surface area contributed by atoms with Gasteiger partial charge in [-0.15, -0.1) is 0 Å². The predicted molar refractivity (Wildman–Crippen MR) is 97.4 cm³/mol. The number of halogens is 4. The first kappa shape index (κ1) is 22.2. The van der Waals surface area contributed by atoms with Crippen LogP contribution in [-0.4, -0.2) is 34.9 Å². The van der Waals surface area contributed by atoms with Crippen LogP contribution in [0.4, 0.5) is 13.2 Å². The Morgan fingerprint density at radius 2 is 2.03 bits per heavy atom. The molecule has 1 aromatic carbocycles. The molecule has 1 aromatic heterocycles. The van der Waals surface area contributed by atoms with E-state index in [1.807, 2.05) is 4.98 Å². The van der Waals surface area contributed by atoms with Gasteiger partial charge in [0.2, 0.25) is 6.61 Å². The maximum absolute atomic E-state index is 14.3. The van der Waals surface area contributed by atoms with Crippen LogP contribution in [-0.2, 0) is 20.3 Å². The molecule has 0 bridgehead atoms. The zero-order valence-corrected chi connectivity index (χ0v) is 15.9. The highest BCUT2D eigenvalue weighted by molar-refractivity contribution is 6.33. The number of hydrogen-bond acceptors (Lipinski definition) is 6. The predicted octanol–water partition coefficient (Wildman–Crippen LogP) is 2.34. The van der Waals surface area contributed by atoms with Crippen LogP contribution in [0.3, 0.4) is 0 Å². The van der Waals surface area contributed by atoms with Crippen LogP contribution in [0.2, 0.25) is 5.02 Å². The Bertz CT molecular complexity index is 1030. The smallest absolute Gasteiger partial charge is 0.347 e. The first-order valence-corrected chi connectivity index (χ1v) is 8.47. The summed E-state index contributed by atoms with van der Waals surface area (Å²) in [7, 11) is 0. The number of alkyl halides is 2. The molecule has 2 aromatic rings. The fourth-order valence-electron chi connectivity index (χ4n) is 2.17. The van der Waals surface area contributed by atoms with Crippen LogP contribution in [0.5, 0.6) is 0 Å². The van der Waals surface area contributed by atoms with Crippen LogP contribution < -0.4 is 11.2 Å². The van der Waals surface area contributed by atoms with Gasteiger partial charge in [0.1, 0.15) is 5.82 Å². The molecule has 0 unspecified atom stereocenters. The molecule has 0 aliphatic carbocycles. The molecule has 0 atom stereocenters. The number of rotatable bonds is 7. The first-order chi connectivity index (χ1) is 13.5. The average molecular weight is 434 g/mol. The van der Waals surface area contributed by atoms with E-state index in [2.05, 4.69) is 9.89 Å². The van der Waals surface area contributed by atoms with Gasteiger partial charge in [-0.3, -0.25) is 4.79 Å². The van der Waals surface area contributed by atoms with Gasteiger partial charge < -0.3 is 14.6 Å². The third kappa shape index (κ3) is 5.47. The Kier molecular flexibility index (Phi) is 6.85. The van der Waals surface area contributed by atoms with Crippen molar-refractivity contribution in [3.63, 3.8) is 0 Å². The molecular weight excluding hydrogens is 419 g/mol. The summed E-state index contributed by atoms with van der Waals surface area (Å²) < 4.78 is 46.0. The number of aromatic nitrogens is 2. The maximum atomic E-state index is 14.3. The summed E-state index contributed by atoms with van der Waals surface area (Å²) in [4.78, 5) is 42.0. The quantitative estimate of drug-likeness (QED) is 0.410. The van der Waals surface area contributed by atoms with E-state index in [9.17, 15) is 27.6 Å². The lowest BCUT2D eigenvalue weighted by molar-refractivity contribution is -0.148. The van der Waals surface area contributed by atoms with Crippen molar-refractivity contribution in [2.45, 2.75) is 19.8 Å². The van der Waals surface area contributed by atoms with Crippen molar-refractivity contribution < 1.29 is 27.5 Å². The number of nitrogens with zero attached hydrogens (tertiary/aromatic N) is 2. The molecular formula is C17H15ClF3N3O5. The summed E-state index contributed by atoms with van der Waals surface area (Å²) in [6.45, 7) is 1.78. The monoisotopic (exact) mass is 433 g/mol. The van der Waals surface area contributed by atoms with Gasteiger partial charge in [0, 0.05) is 18.6 Å². The van der Waals surface area contributed by atoms with Gasteiger partial charge in [0.25, 0.3) is 11.5 Å².